The van der Waals surface area contributed by atoms with Crippen molar-refractivity contribution in [2.75, 3.05) is 6.61 Å². The normalized spacial score (nSPS) is 38.8. The molecule has 0 aliphatic heterocycles. The minimum atomic E-state index is -1.33. The van der Waals surface area contributed by atoms with Crippen LogP contribution in [0.15, 0.2) is 16.8 Å². The minimum absolute atomic E-state index is 0.101. The molecular weight excluding hydrogens is 390 g/mol. The van der Waals surface area contributed by atoms with Gasteiger partial charge in [0.2, 0.25) is 5.78 Å². The van der Waals surface area contributed by atoms with Gasteiger partial charge in [0, 0.05) is 6.42 Å². The Morgan fingerprint density at radius 1 is 1.10 bits per heavy atom. The lowest BCUT2D eigenvalue weighted by Gasteiger charge is -2.50. The van der Waals surface area contributed by atoms with Gasteiger partial charge in [-0.1, -0.05) is 31.0 Å². The number of ketones is 2. The molecule has 31 heavy (non-hydrogen) atoms. The van der Waals surface area contributed by atoms with Gasteiger partial charge >= 0.3 is 0 Å². The lowest BCUT2D eigenvalue weighted by Crippen LogP contribution is -2.46. The Kier molecular flexibility index (Phi) is 6.71. The summed E-state index contributed by atoms with van der Waals surface area (Å²) in [5.41, 5.74) is 1.16. The zero-order chi connectivity index (χ0) is 22.1. The molecule has 5 atom stereocenters. The van der Waals surface area contributed by atoms with E-state index in [1.54, 1.807) is 0 Å². The smallest absolute Gasteiger partial charge is 0.204 e. The lowest BCUT2D eigenvalue weighted by atomic mass is 9.54. The van der Waals surface area contributed by atoms with Crippen molar-refractivity contribution in [3.8, 4) is 0 Å². The molecule has 0 heterocycles. The molecule has 3 fully saturated rings. The third kappa shape index (κ3) is 4.53. The average molecular weight is 430 g/mol. The van der Waals surface area contributed by atoms with Gasteiger partial charge in [-0.2, -0.15) is 0 Å². The second-order valence-corrected chi connectivity index (χ2v) is 10.8. The SMILES string of the molecule is CC1CCC2C(CCC[C@]1(O)C(=O)CON=C1CCCC1)CCC1=CC(=O)CCC12C. The first-order valence-corrected chi connectivity index (χ1v) is 12.5. The van der Waals surface area contributed by atoms with Crippen LogP contribution < -0.4 is 0 Å². The van der Waals surface area contributed by atoms with Crippen LogP contribution in [-0.4, -0.2) is 34.6 Å². The predicted octanol–water partition coefficient (Wildman–Crippen LogP) is 5.16. The predicted molar refractivity (Wildman–Crippen MR) is 121 cm³/mol. The van der Waals surface area contributed by atoms with Crippen LogP contribution in [0.3, 0.4) is 0 Å². The number of nitrogens with zero attached hydrogens (tertiary/aromatic N) is 1. The Labute approximate surface area is 186 Å². The van der Waals surface area contributed by atoms with E-state index in [-0.39, 0.29) is 29.5 Å². The van der Waals surface area contributed by atoms with Crippen LogP contribution >= 0.6 is 0 Å². The van der Waals surface area contributed by atoms with Crippen molar-refractivity contribution in [1.29, 1.82) is 0 Å². The van der Waals surface area contributed by atoms with E-state index in [0.29, 0.717) is 24.7 Å². The number of Topliss-reactive ketones (excluding diaryl/α,β-unsaturated/α-hetero) is 1. The van der Waals surface area contributed by atoms with Crippen LogP contribution in [0.2, 0.25) is 0 Å². The maximum atomic E-state index is 13.0. The summed E-state index contributed by atoms with van der Waals surface area (Å²) in [4.78, 5) is 30.4. The molecule has 0 aromatic heterocycles. The standard InChI is InChI=1S/C26H39NO4/c1-18-9-12-23-19(10-11-20-16-22(28)13-15-25(20,23)2)6-5-14-26(18,30)24(29)17-31-27-21-7-3-4-8-21/h16,18-19,23,30H,3-15,17H2,1-2H3/t18?,19?,23?,25?,26-/m1/s1. The second kappa shape index (κ2) is 9.17. The third-order valence-corrected chi connectivity index (χ3v) is 9.04. The molecular formula is C26H39NO4. The first-order valence-electron chi connectivity index (χ1n) is 12.5. The van der Waals surface area contributed by atoms with Crippen molar-refractivity contribution in [2.45, 2.75) is 103 Å². The van der Waals surface area contributed by atoms with Crippen LogP contribution in [0.4, 0.5) is 0 Å². The van der Waals surface area contributed by atoms with Gasteiger partial charge in [0.05, 0.1) is 5.71 Å². The Hall–Kier alpha value is -1.49. The monoisotopic (exact) mass is 429 g/mol. The number of aliphatic hydroxyl groups is 1. The molecule has 4 rings (SSSR count). The van der Waals surface area contributed by atoms with Crippen LogP contribution in [0, 0.1) is 23.2 Å². The molecule has 0 saturated heterocycles. The summed E-state index contributed by atoms with van der Waals surface area (Å²) in [7, 11) is 0. The van der Waals surface area contributed by atoms with E-state index < -0.39 is 5.60 Å². The van der Waals surface area contributed by atoms with Crippen molar-refractivity contribution in [3.63, 3.8) is 0 Å². The van der Waals surface area contributed by atoms with Crippen molar-refractivity contribution in [1.82, 2.24) is 0 Å². The van der Waals surface area contributed by atoms with Crippen LogP contribution in [0.25, 0.3) is 0 Å². The Morgan fingerprint density at radius 2 is 1.87 bits per heavy atom. The van der Waals surface area contributed by atoms with Crippen LogP contribution in [-0.2, 0) is 14.4 Å². The summed E-state index contributed by atoms with van der Waals surface area (Å²) in [6.45, 7) is 4.25. The lowest BCUT2D eigenvalue weighted by molar-refractivity contribution is -0.149. The quantitative estimate of drug-likeness (QED) is 0.627. The molecule has 0 aromatic carbocycles. The molecule has 0 radical (unpaired) electrons. The highest BCUT2D eigenvalue weighted by molar-refractivity contribution is 5.91. The van der Waals surface area contributed by atoms with Gasteiger partial charge < -0.3 is 9.94 Å². The van der Waals surface area contributed by atoms with Gasteiger partial charge in [-0.3, -0.25) is 9.59 Å². The third-order valence-electron chi connectivity index (χ3n) is 9.04. The molecule has 0 spiro atoms. The van der Waals surface area contributed by atoms with Crippen molar-refractivity contribution in [2.24, 2.45) is 28.3 Å². The van der Waals surface area contributed by atoms with Gasteiger partial charge in [0.25, 0.3) is 0 Å². The maximum absolute atomic E-state index is 13.0. The highest BCUT2D eigenvalue weighted by Crippen LogP contribution is 2.56. The van der Waals surface area contributed by atoms with E-state index in [1.807, 2.05) is 13.0 Å². The summed E-state index contributed by atoms with van der Waals surface area (Å²) < 4.78 is 0. The first-order chi connectivity index (χ1) is 14.8. The fourth-order valence-electron chi connectivity index (χ4n) is 6.86. The summed E-state index contributed by atoms with van der Waals surface area (Å²) in [6, 6.07) is 0. The summed E-state index contributed by atoms with van der Waals surface area (Å²) in [6.07, 6.45) is 14.1. The average Bonchev–Trinajstić information content (AvgIpc) is 3.27. The summed E-state index contributed by atoms with van der Waals surface area (Å²) >= 11 is 0. The summed E-state index contributed by atoms with van der Waals surface area (Å²) in [5.74, 6) is 1.10. The Balaban J connectivity index is 1.45. The van der Waals surface area contributed by atoms with Gasteiger partial charge in [-0.05, 0) is 99.9 Å². The number of oxime groups is 1. The van der Waals surface area contributed by atoms with Crippen molar-refractivity contribution in [3.05, 3.63) is 11.6 Å². The Morgan fingerprint density at radius 3 is 2.65 bits per heavy atom. The van der Waals surface area contributed by atoms with Gasteiger partial charge in [0.15, 0.2) is 12.4 Å². The summed E-state index contributed by atoms with van der Waals surface area (Å²) in [5, 5.41) is 15.6. The van der Waals surface area contributed by atoms with Gasteiger partial charge in [-0.15, -0.1) is 0 Å². The largest absolute Gasteiger partial charge is 0.388 e. The zero-order valence-electron chi connectivity index (χ0n) is 19.3. The highest BCUT2D eigenvalue weighted by atomic mass is 16.6. The molecule has 0 bridgehead atoms. The molecule has 3 saturated carbocycles. The molecule has 4 aliphatic rings. The first kappa shape index (κ1) is 22.7. The minimum Gasteiger partial charge on any atom is -0.388 e. The number of hydrogen-bond acceptors (Lipinski definition) is 5. The highest BCUT2D eigenvalue weighted by Gasteiger charge is 2.49. The molecule has 4 aliphatic carbocycles. The van der Waals surface area contributed by atoms with E-state index in [4.69, 9.17) is 4.84 Å². The van der Waals surface area contributed by atoms with E-state index in [0.717, 1.165) is 76.3 Å². The Bertz CT molecular complexity index is 763. The number of carbonyl (C=O) groups excluding carboxylic acids is 2. The molecule has 0 aromatic rings. The van der Waals surface area contributed by atoms with Gasteiger partial charge in [0.1, 0.15) is 5.60 Å². The number of fused-ring (bicyclic) bond motifs is 3. The number of allylic oxidation sites excluding steroid dienone is 2. The second-order valence-electron chi connectivity index (χ2n) is 10.8. The topological polar surface area (TPSA) is 76.0 Å². The molecule has 1 N–H and O–H groups in total. The number of hydrogen-bond donors (Lipinski definition) is 1. The molecule has 4 unspecified atom stereocenters. The number of carbonyl (C=O) groups is 2. The molecule has 5 nitrogen and oxygen atoms in total. The van der Waals surface area contributed by atoms with E-state index in [1.165, 1.54) is 5.57 Å². The fraction of sp³-hybridized carbons (Fsp3) is 0.808. The zero-order valence-corrected chi connectivity index (χ0v) is 19.3. The molecule has 0 amide bonds. The van der Waals surface area contributed by atoms with Crippen molar-refractivity contribution < 1.29 is 19.5 Å². The van der Waals surface area contributed by atoms with E-state index in [2.05, 4.69) is 12.1 Å². The fourth-order valence-corrected chi connectivity index (χ4v) is 6.86. The van der Waals surface area contributed by atoms with Crippen molar-refractivity contribution >= 4 is 17.3 Å². The van der Waals surface area contributed by atoms with E-state index in [9.17, 15) is 14.7 Å². The molecule has 172 valence electrons. The number of rotatable bonds is 4. The van der Waals surface area contributed by atoms with Crippen LogP contribution in [0.1, 0.15) is 97.3 Å². The molecule has 5 heteroatoms. The maximum Gasteiger partial charge on any atom is 0.204 e. The van der Waals surface area contributed by atoms with E-state index >= 15 is 0 Å². The van der Waals surface area contributed by atoms with Gasteiger partial charge in [-0.25, -0.2) is 0 Å². The van der Waals surface area contributed by atoms with Crippen LogP contribution in [0.5, 0.6) is 0 Å².